The van der Waals surface area contributed by atoms with Gasteiger partial charge in [0.15, 0.2) is 0 Å². The van der Waals surface area contributed by atoms with Crippen LogP contribution in [0.1, 0.15) is 33.6 Å². The van der Waals surface area contributed by atoms with Crippen LogP contribution in [-0.4, -0.2) is 31.6 Å². The van der Waals surface area contributed by atoms with E-state index in [0.29, 0.717) is 21.3 Å². The van der Waals surface area contributed by atoms with Gasteiger partial charge in [0.25, 0.3) is 5.91 Å². The van der Waals surface area contributed by atoms with E-state index in [1.54, 1.807) is 24.3 Å². The molecule has 0 spiro atoms. The summed E-state index contributed by atoms with van der Waals surface area (Å²) < 4.78 is 1.95. The lowest BCUT2D eigenvalue weighted by molar-refractivity contribution is -0.117. The molecule has 11 heteroatoms. The molecule has 0 radical (unpaired) electrons. The molecule has 0 atom stereocenters. The van der Waals surface area contributed by atoms with E-state index in [2.05, 4.69) is 15.7 Å². The summed E-state index contributed by atoms with van der Waals surface area (Å²) in [6.45, 7) is -0.357. The summed E-state index contributed by atoms with van der Waals surface area (Å²) in [5, 5.41) is 11.0. The Labute approximate surface area is 174 Å². The summed E-state index contributed by atoms with van der Waals surface area (Å²) in [6.07, 6.45) is 3.66. The predicted molar refractivity (Wildman–Crippen MR) is 109 cm³/mol. The molecule has 1 aliphatic carbocycles. The Hall–Kier alpha value is -2.98. The summed E-state index contributed by atoms with van der Waals surface area (Å²) >= 11 is 7.45. The molecular weight excluding hydrogens is 416 g/mol. The van der Waals surface area contributed by atoms with Crippen molar-refractivity contribution in [3.63, 3.8) is 0 Å². The number of fused-ring (bicyclic) bond motifs is 1. The normalized spacial score (nSPS) is 13.1. The Morgan fingerprint density at radius 3 is 2.72 bits per heavy atom. The number of tetrazole rings is 1. The van der Waals surface area contributed by atoms with Crippen molar-refractivity contribution in [1.82, 2.24) is 19.8 Å². The number of carbonyl (C=O) groups is 2. The summed E-state index contributed by atoms with van der Waals surface area (Å²) in [5.41, 5.74) is 6.59. The summed E-state index contributed by atoms with van der Waals surface area (Å²) in [6, 6.07) is 6.69. The smallest absolute Gasteiger partial charge is 0.365 e. The molecule has 0 unspecified atom stereocenters. The number of carbonyl (C=O) groups excluding carboxylic acids is 2. The van der Waals surface area contributed by atoms with Crippen LogP contribution in [0.4, 0.5) is 5.00 Å². The first-order valence-electron chi connectivity index (χ1n) is 8.97. The number of anilines is 1. The van der Waals surface area contributed by atoms with Gasteiger partial charge in [0, 0.05) is 4.88 Å². The van der Waals surface area contributed by atoms with Crippen LogP contribution in [0.3, 0.4) is 0 Å². The lowest BCUT2D eigenvalue weighted by Gasteiger charge is -2.11. The van der Waals surface area contributed by atoms with Gasteiger partial charge in [-0.1, -0.05) is 23.7 Å². The minimum absolute atomic E-state index is 0.335. The molecule has 29 heavy (non-hydrogen) atoms. The first-order valence-corrected chi connectivity index (χ1v) is 10.2. The summed E-state index contributed by atoms with van der Waals surface area (Å²) in [4.78, 5) is 38.0. The molecule has 0 fully saturated rings. The van der Waals surface area contributed by atoms with E-state index in [-0.39, 0.29) is 6.54 Å². The monoisotopic (exact) mass is 432 g/mol. The van der Waals surface area contributed by atoms with Gasteiger partial charge in [-0.3, -0.25) is 9.59 Å². The number of hydrogen-bond donors (Lipinski definition) is 2. The average molecular weight is 433 g/mol. The third-order valence-electron chi connectivity index (χ3n) is 4.68. The number of aromatic nitrogens is 4. The molecule has 1 aromatic carbocycles. The zero-order chi connectivity index (χ0) is 20.5. The van der Waals surface area contributed by atoms with Crippen LogP contribution in [-0.2, 0) is 24.2 Å². The van der Waals surface area contributed by atoms with Gasteiger partial charge in [0.05, 0.1) is 16.3 Å². The van der Waals surface area contributed by atoms with E-state index in [9.17, 15) is 14.4 Å². The number of nitrogens with zero attached hydrogens (tertiary/aromatic N) is 4. The molecule has 2 amide bonds. The maximum absolute atomic E-state index is 12.5. The van der Waals surface area contributed by atoms with Crippen LogP contribution in [0, 0.1) is 0 Å². The fraction of sp³-hybridized carbons (Fsp3) is 0.278. The number of primary amides is 1. The van der Waals surface area contributed by atoms with E-state index in [1.165, 1.54) is 11.3 Å². The Morgan fingerprint density at radius 1 is 1.21 bits per heavy atom. The van der Waals surface area contributed by atoms with Crippen LogP contribution in [0.2, 0.25) is 5.02 Å². The number of nitrogens with one attached hydrogen (secondary N) is 1. The number of thiophene rings is 1. The quantitative estimate of drug-likeness (QED) is 0.635. The van der Waals surface area contributed by atoms with E-state index in [0.717, 1.165) is 45.5 Å². The van der Waals surface area contributed by atoms with Crippen molar-refractivity contribution in [3.8, 4) is 5.69 Å². The number of amides is 2. The third kappa shape index (κ3) is 3.68. The van der Waals surface area contributed by atoms with Crippen molar-refractivity contribution >= 4 is 39.8 Å². The lowest BCUT2D eigenvalue weighted by Crippen LogP contribution is -2.30. The maximum Gasteiger partial charge on any atom is 0.369 e. The highest BCUT2D eigenvalue weighted by Gasteiger charge is 2.25. The second-order valence-corrected chi connectivity index (χ2v) is 8.12. The highest BCUT2D eigenvalue weighted by molar-refractivity contribution is 7.17. The molecule has 4 rings (SSSR count). The molecule has 0 bridgehead atoms. The minimum Gasteiger partial charge on any atom is -0.365 e. The number of nitrogens with two attached hydrogens (primary N) is 1. The number of halogens is 1. The van der Waals surface area contributed by atoms with Gasteiger partial charge >= 0.3 is 5.69 Å². The molecule has 3 N–H and O–H groups in total. The van der Waals surface area contributed by atoms with Crippen LogP contribution in [0.25, 0.3) is 5.69 Å². The van der Waals surface area contributed by atoms with Crippen molar-refractivity contribution in [3.05, 3.63) is 55.8 Å². The maximum atomic E-state index is 12.5. The number of hydrogen-bond acceptors (Lipinski definition) is 6. The molecule has 0 saturated heterocycles. The first-order chi connectivity index (χ1) is 14.0. The Kier molecular flexibility index (Phi) is 5.20. The van der Waals surface area contributed by atoms with E-state index < -0.39 is 17.5 Å². The lowest BCUT2D eigenvalue weighted by atomic mass is 9.95. The van der Waals surface area contributed by atoms with Crippen LogP contribution >= 0.6 is 22.9 Å². The van der Waals surface area contributed by atoms with Crippen molar-refractivity contribution in [2.45, 2.75) is 32.2 Å². The predicted octanol–water partition coefficient (Wildman–Crippen LogP) is 1.76. The number of benzene rings is 1. The van der Waals surface area contributed by atoms with Gasteiger partial charge in [0.1, 0.15) is 11.5 Å². The molecule has 1 aliphatic rings. The van der Waals surface area contributed by atoms with Crippen LogP contribution in [0.5, 0.6) is 0 Å². The standard InChI is InChI=1S/C18H17ClN6O3S/c19-11-6-2-3-7-12(11)25-18(28)24(22-23-25)9-14(26)21-17-15(16(20)27)10-5-1-4-8-13(10)29-17/h2-3,6-7H,1,4-5,8-9H2,(H2,20,27)(H,21,26). The number of para-hydroxylation sites is 1. The first kappa shape index (κ1) is 19.3. The van der Waals surface area contributed by atoms with Crippen LogP contribution < -0.4 is 16.7 Å². The highest BCUT2D eigenvalue weighted by Crippen LogP contribution is 2.37. The van der Waals surface area contributed by atoms with Gasteiger partial charge in [-0.15, -0.1) is 11.3 Å². The Morgan fingerprint density at radius 2 is 1.97 bits per heavy atom. The number of rotatable bonds is 5. The fourth-order valence-corrected chi connectivity index (χ4v) is 4.89. The largest absolute Gasteiger partial charge is 0.369 e. The Balaban J connectivity index is 1.56. The van der Waals surface area contributed by atoms with Gasteiger partial charge in [-0.25, -0.2) is 4.79 Å². The van der Waals surface area contributed by atoms with Crippen molar-refractivity contribution in [1.29, 1.82) is 0 Å². The minimum atomic E-state index is -0.603. The zero-order valence-corrected chi connectivity index (χ0v) is 16.8. The van der Waals surface area contributed by atoms with E-state index in [1.807, 2.05) is 0 Å². The Bertz CT molecular complexity index is 1160. The van der Waals surface area contributed by atoms with Crippen molar-refractivity contribution < 1.29 is 9.59 Å². The van der Waals surface area contributed by atoms with E-state index >= 15 is 0 Å². The molecule has 0 aliphatic heterocycles. The molecule has 0 saturated carbocycles. The van der Waals surface area contributed by atoms with Gasteiger partial charge < -0.3 is 11.1 Å². The van der Waals surface area contributed by atoms with E-state index in [4.69, 9.17) is 17.3 Å². The van der Waals surface area contributed by atoms with Gasteiger partial charge in [0.2, 0.25) is 5.91 Å². The molecule has 3 aromatic rings. The van der Waals surface area contributed by atoms with Crippen molar-refractivity contribution in [2.24, 2.45) is 5.73 Å². The molecular formula is C18H17ClN6O3S. The molecule has 9 nitrogen and oxygen atoms in total. The molecule has 150 valence electrons. The topological polar surface area (TPSA) is 125 Å². The summed E-state index contributed by atoms with van der Waals surface area (Å²) in [5.74, 6) is -1.07. The molecule has 2 aromatic heterocycles. The highest BCUT2D eigenvalue weighted by atomic mass is 35.5. The second-order valence-electron chi connectivity index (χ2n) is 6.61. The number of aryl methyl sites for hydroxylation is 1. The van der Waals surface area contributed by atoms with Crippen molar-refractivity contribution in [2.75, 3.05) is 5.32 Å². The fourth-order valence-electron chi connectivity index (χ4n) is 3.36. The summed E-state index contributed by atoms with van der Waals surface area (Å²) in [7, 11) is 0. The SMILES string of the molecule is NC(=O)c1c(NC(=O)Cn2nnn(-c3ccccc3Cl)c2=O)sc2c1CCCC2. The third-order valence-corrected chi connectivity index (χ3v) is 6.21. The molecule has 2 heterocycles. The second kappa shape index (κ2) is 7.80. The van der Waals surface area contributed by atoms with Gasteiger partial charge in [-0.2, -0.15) is 9.36 Å². The van der Waals surface area contributed by atoms with Crippen LogP contribution in [0.15, 0.2) is 29.1 Å². The van der Waals surface area contributed by atoms with Gasteiger partial charge in [-0.05, 0) is 53.8 Å². The zero-order valence-electron chi connectivity index (χ0n) is 15.2. The average Bonchev–Trinajstić information content (AvgIpc) is 3.22.